The van der Waals surface area contributed by atoms with Gasteiger partial charge in [0, 0.05) is 12.6 Å². The van der Waals surface area contributed by atoms with Crippen molar-refractivity contribution in [3.05, 3.63) is 59.3 Å². The van der Waals surface area contributed by atoms with Gasteiger partial charge in [0.2, 0.25) is 0 Å². The molecule has 0 unspecified atom stereocenters. The molecule has 1 aromatic carbocycles. The van der Waals surface area contributed by atoms with Gasteiger partial charge in [-0.2, -0.15) is 0 Å². The number of ether oxygens (including phenoxy) is 1. The van der Waals surface area contributed by atoms with Crippen molar-refractivity contribution in [3.8, 4) is 0 Å². The second kappa shape index (κ2) is 6.96. The number of methoxy groups -OCH3 is 1. The molecule has 1 aromatic heterocycles. The van der Waals surface area contributed by atoms with Crippen molar-refractivity contribution in [1.29, 1.82) is 0 Å². The van der Waals surface area contributed by atoms with Crippen molar-refractivity contribution in [2.24, 2.45) is 0 Å². The lowest BCUT2D eigenvalue weighted by Crippen LogP contribution is -2.28. The Bertz CT molecular complexity index is 678. The first-order chi connectivity index (χ1) is 11.2. The molecule has 0 aliphatic heterocycles. The molecule has 1 aliphatic carbocycles. The van der Waals surface area contributed by atoms with Crippen LogP contribution in [0.1, 0.15) is 34.5 Å². The zero-order valence-corrected chi connectivity index (χ0v) is 13.1. The summed E-state index contributed by atoms with van der Waals surface area (Å²) in [5.74, 6) is 0.0390. The Labute approximate surface area is 134 Å². The third kappa shape index (κ3) is 3.99. The summed E-state index contributed by atoms with van der Waals surface area (Å²) in [5.41, 5.74) is 1.45. The molecule has 0 radical (unpaired) electrons. The molecule has 1 saturated carbocycles. The Kier molecular flexibility index (Phi) is 4.76. The van der Waals surface area contributed by atoms with Crippen molar-refractivity contribution in [1.82, 2.24) is 4.90 Å². The van der Waals surface area contributed by atoms with Crippen LogP contribution in [-0.2, 0) is 17.7 Å². The minimum absolute atomic E-state index is 0.209. The van der Waals surface area contributed by atoms with Crippen molar-refractivity contribution in [3.63, 3.8) is 0 Å². The molecule has 4 nitrogen and oxygen atoms in total. The van der Waals surface area contributed by atoms with Crippen molar-refractivity contribution >= 4 is 5.97 Å². The summed E-state index contributed by atoms with van der Waals surface area (Å²) in [7, 11) is 1.36. The van der Waals surface area contributed by atoms with E-state index in [-0.39, 0.29) is 11.8 Å². The summed E-state index contributed by atoms with van der Waals surface area (Å²) in [5, 5.41) is 0. The van der Waals surface area contributed by atoms with E-state index in [4.69, 9.17) is 9.15 Å². The van der Waals surface area contributed by atoms with Gasteiger partial charge in [0.05, 0.1) is 19.9 Å². The molecule has 1 heterocycles. The second-order valence-electron chi connectivity index (χ2n) is 5.83. The molecule has 5 heteroatoms. The van der Waals surface area contributed by atoms with E-state index < -0.39 is 0 Å². The van der Waals surface area contributed by atoms with E-state index >= 15 is 0 Å². The van der Waals surface area contributed by atoms with Gasteiger partial charge in [-0.25, -0.2) is 9.18 Å². The fraction of sp³-hybridized carbons (Fsp3) is 0.389. The topological polar surface area (TPSA) is 42.7 Å². The molecule has 0 N–H and O–H groups in total. The number of esters is 1. The van der Waals surface area contributed by atoms with Crippen LogP contribution < -0.4 is 0 Å². The minimum Gasteiger partial charge on any atom is -0.467 e. The monoisotopic (exact) mass is 317 g/mol. The van der Waals surface area contributed by atoms with Crippen LogP contribution in [0.25, 0.3) is 0 Å². The number of hydrogen-bond donors (Lipinski definition) is 0. The average molecular weight is 317 g/mol. The lowest BCUT2D eigenvalue weighted by Gasteiger charge is -2.21. The van der Waals surface area contributed by atoms with E-state index in [1.165, 1.54) is 19.4 Å². The molecule has 0 spiro atoms. The Morgan fingerprint density at radius 3 is 2.91 bits per heavy atom. The fourth-order valence-electron chi connectivity index (χ4n) is 2.73. The Balaban J connectivity index is 1.66. The standard InChI is InChI=1S/C18H20FNO3/c1-22-18(21)16-8-10-23-17(16)12-20(15-5-6-15)9-7-13-3-2-4-14(19)11-13/h2-4,8,10-11,15H,5-7,9,12H2,1H3. The zero-order valence-electron chi connectivity index (χ0n) is 13.1. The van der Waals surface area contributed by atoms with E-state index in [2.05, 4.69) is 4.90 Å². The van der Waals surface area contributed by atoms with Crippen LogP contribution in [0.3, 0.4) is 0 Å². The third-order valence-electron chi connectivity index (χ3n) is 4.14. The van der Waals surface area contributed by atoms with Crippen LogP contribution >= 0.6 is 0 Å². The molecule has 3 rings (SSSR count). The minimum atomic E-state index is -0.380. The highest BCUT2D eigenvalue weighted by Gasteiger charge is 2.30. The molecular weight excluding hydrogens is 297 g/mol. The number of furan rings is 1. The lowest BCUT2D eigenvalue weighted by atomic mass is 10.1. The smallest absolute Gasteiger partial charge is 0.341 e. The maximum Gasteiger partial charge on any atom is 0.341 e. The highest BCUT2D eigenvalue weighted by atomic mass is 19.1. The summed E-state index contributed by atoms with van der Waals surface area (Å²) in [6.07, 6.45) is 4.58. The van der Waals surface area contributed by atoms with Crippen LogP contribution in [0.4, 0.5) is 4.39 Å². The van der Waals surface area contributed by atoms with Crippen LogP contribution in [0.2, 0.25) is 0 Å². The first-order valence-corrected chi connectivity index (χ1v) is 7.80. The normalized spacial score (nSPS) is 14.2. The first-order valence-electron chi connectivity index (χ1n) is 7.80. The number of benzene rings is 1. The zero-order chi connectivity index (χ0) is 16.2. The van der Waals surface area contributed by atoms with Gasteiger partial charge >= 0.3 is 5.97 Å². The summed E-state index contributed by atoms with van der Waals surface area (Å²) in [6, 6.07) is 8.83. The first kappa shape index (κ1) is 15.7. The van der Waals surface area contributed by atoms with Crippen LogP contribution in [0, 0.1) is 5.82 Å². The molecule has 1 aliphatic rings. The number of halogens is 1. The van der Waals surface area contributed by atoms with Crippen molar-refractivity contribution in [2.45, 2.75) is 31.8 Å². The molecule has 0 bridgehead atoms. The quantitative estimate of drug-likeness (QED) is 0.734. The summed E-state index contributed by atoms with van der Waals surface area (Å²) < 4.78 is 23.5. The number of nitrogens with zero attached hydrogens (tertiary/aromatic N) is 1. The van der Waals surface area contributed by atoms with Gasteiger partial charge in [0.1, 0.15) is 17.1 Å². The Morgan fingerprint density at radius 1 is 1.39 bits per heavy atom. The highest BCUT2D eigenvalue weighted by Crippen LogP contribution is 2.29. The van der Waals surface area contributed by atoms with Gasteiger partial charge in [-0.05, 0) is 43.0 Å². The number of carbonyl (C=O) groups is 1. The van der Waals surface area contributed by atoms with Crippen LogP contribution in [0.5, 0.6) is 0 Å². The van der Waals surface area contributed by atoms with Gasteiger partial charge in [-0.15, -0.1) is 0 Å². The maximum atomic E-state index is 13.3. The van der Waals surface area contributed by atoms with E-state index in [0.717, 1.165) is 31.4 Å². The van der Waals surface area contributed by atoms with Gasteiger partial charge in [0.15, 0.2) is 0 Å². The van der Waals surface area contributed by atoms with Gasteiger partial charge in [-0.3, -0.25) is 4.90 Å². The van der Waals surface area contributed by atoms with E-state index in [1.54, 1.807) is 18.2 Å². The van der Waals surface area contributed by atoms with E-state index in [9.17, 15) is 9.18 Å². The molecule has 0 atom stereocenters. The van der Waals surface area contributed by atoms with Crippen molar-refractivity contribution < 1.29 is 18.3 Å². The predicted octanol–water partition coefficient (Wildman–Crippen LogP) is 3.41. The number of hydrogen-bond acceptors (Lipinski definition) is 4. The summed E-state index contributed by atoms with van der Waals surface area (Å²) >= 11 is 0. The molecule has 0 saturated heterocycles. The maximum absolute atomic E-state index is 13.3. The highest BCUT2D eigenvalue weighted by molar-refractivity contribution is 5.90. The second-order valence-corrected chi connectivity index (χ2v) is 5.83. The lowest BCUT2D eigenvalue weighted by molar-refractivity contribution is 0.0596. The molecule has 122 valence electrons. The Morgan fingerprint density at radius 2 is 2.22 bits per heavy atom. The predicted molar refractivity (Wildman–Crippen MR) is 83.6 cm³/mol. The van der Waals surface area contributed by atoms with Gasteiger partial charge in [-0.1, -0.05) is 12.1 Å². The summed E-state index contributed by atoms with van der Waals surface area (Å²) in [4.78, 5) is 14.0. The van der Waals surface area contributed by atoms with Crippen LogP contribution in [0.15, 0.2) is 41.0 Å². The molecule has 2 aromatic rings. The molecule has 1 fully saturated rings. The summed E-state index contributed by atoms with van der Waals surface area (Å²) in [6.45, 7) is 1.37. The molecule has 23 heavy (non-hydrogen) atoms. The Hall–Kier alpha value is -2.14. The van der Waals surface area contributed by atoms with Crippen molar-refractivity contribution in [2.75, 3.05) is 13.7 Å². The van der Waals surface area contributed by atoms with E-state index in [0.29, 0.717) is 23.9 Å². The average Bonchev–Trinajstić information content (AvgIpc) is 3.29. The molecule has 0 amide bonds. The van der Waals surface area contributed by atoms with Gasteiger partial charge in [0.25, 0.3) is 0 Å². The largest absolute Gasteiger partial charge is 0.467 e. The SMILES string of the molecule is COC(=O)c1ccoc1CN(CCc1cccc(F)c1)C1CC1. The molecular formula is C18H20FNO3. The number of carbonyl (C=O) groups excluding carboxylic acids is 1. The van der Waals surface area contributed by atoms with E-state index in [1.807, 2.05) is 6.07 Å². The number of rotatable bonds is 7. The third-order valence-corrected chi connectivity index (χ3v) is 4.14. The fourth-order valence-corrected chi connectivity index (χ4v) is 2.73. The van der Waals surface area contributed by atoms with Crippen LogP contribution in [-0.4, -0.2) is 30.6 Å². The van der Waals surface area contributed by atoms with Gasteiger partial charge < -0.3 is 9.15 Å².